The van der Waals surface area contributed by atoms with Crippen LogP contribution in [-0.2, 0) is 0 Å². The molecule has 0 radical (unpaired) electrons. The van der Waals surface area contributed by atoms with Crippen LogP contribution in [0.4, 0.5) is 10.5 Å². The lowest BCUT2D eigenvalue weighted by Crippen LogP contribution is -2.41. The number of carbonyl (C=O) groups excluding carboxylic acids is 2. The third kappa shape index (κ3) is 5.21. The SMILES string of the molecule is O=C(NC1CCCCC1)c1cccc(C2CCCN(C(=O)Nc3ccccc3)C2)c1. The topological polar surface area (TPSA) is 61.4 Å². The Bertz CT molecular complexity index is 862. The second-order valence-corrected chi connectivity index (χ2v) is 8.52. The summed E-state index contributed by atoms with van der Waals surface area (Å²) in [6, 6.07) is 17.8. The smallest absolute Gasteiger partial charge is 0.321 e. The second-order valence-electron chi connectivity index (χ2n) is 8.52. The molecule has 1 saturated carbocycles. The summed E-state index contributed by atoms with van der Waals surface area (Å²) >= 11 is 0. The molecule has 0 bridgehead atoms. The average molecular weight is 406 g/mol. The lowest BCUT2D eigenvalue weighted by molar-refractivity contribution is 0.0927. The highest BCUT2D eigenvalue weighted by Gasteiger charge is 2.25. The number of likely N-dealkylation sites (tertiary alicyclic amines) is 1. The van der Waals surface area contributed by atoms with Crippen molar-refractivity contribution in [1.29, 1.82) is 0 Å². The predicted molar refractivity (Wildman–Crippen MR) is 120 cm³/mol. The van der Waals surface area contributed by atoms with Gasteiger partial charge in [0.05, 0.1) is 0 Å². The third-order valence-corrected chi connectivity index (χ3v) is 6.29. The van der Waals surface area contributed by atoms with Crippen LogP contribution in [0.15, 0.2) is 54.6 Å². The van der Waals surface area contributed by atoms with Gasteiger partial charge in [0, 0.05) is 36.3 Å². The fourth-order valence-electron chi connectivity index (χ4n) is 4.61. The molecule has 1 aliphatic heterocycles. The fourth-order valence-corrected chi connectivity index (χ4v) is 4.61. The molecule has 0 aromatic heterocycles. The van der Waals surface area contributed by atoms with E-state index >= 15 is 0 Å². The van der Waals surface area contributed by atoms with E-state index in [-0.39, 0.29) is 17.9 Å². The van der Waals surface area contributed by atoms with Gasteiger partial charge in [-0.1, -0.05) is 49.6 Å². The van der Waals surface area contributed by atoms with Gasteiger partial charge in [0.25, 0.3) is 5.91 Å². The van der Waals surface area contributed by atoms with E-state index in [0.717, 1.165) is 49.0 Å². The number of nitrogens with one attached hydrogen (secondary N) is 2. The van der Waals surface area contributed by atoms with Gasteiger partial charge in [-0.3, -0.25) is 4.79 Å². The van der Waals surface area contributed by atoms with Crippen molar-refractivity contribution < 1.29 is 9.59 Å². The zero-order valence-electron chi connectivity index (χ0n) is 17.5. The van der Waals surface area contributed by atoms with Crippen LogP contribution in [0.25, 0.3) is 0 Å². The number of carbonyl (C=O) groups is 2. The van der Waals surface area contributed by atoms with Crippen LogP contribution in [0.3, 0.4) is 0 Å². The molecule has 2 N–H and O–H groups in total. The number of urea groups is 1. The molecule has 3 amide bonds. The largest absolute Gasteiger partial charge is 0.349 e. The van der Waals surface area contributed by atoms with Gasteiger partial charge in [-0.2, -0.15) is 0 Å². The number of hydrogen-bond acceptors (Lipinski definition) is 2. The number of para-hydroxylation sites is 1. The monoisotopic (exact) mass is 405 g/mol. The molecule has 1 atom stereocenters. The number of anilines is 1. The van der Waals surface area contributed by atoms with Crippen molar-refractivity contribution in [3.63, 3.8) is 0 Å². The molecule has 5 heteroatoms. The maximum atomic E-state index is 12.7. The number of rotatable bonds is 4. The van der Waals surface area contributed by atoms with E-state index in [4.69, 9.17) is 0 Å². The number of nitrogens with zero attached hydrogens (tertiary/aromatic N) is 1. The molecule has 2 aromatic carbocycles. The quantitative estimate of drug-likeness (QED) is 0.738. The summed E-state index contributed by atoms with van der Waals surface area (Å²) in [7, 11) is 0. The molecule has 4 rings (SSSR count). The van der Waals surface area contributed by atoms with Crippen molar-refractivity contribution in [2.75, 3.05) is 18.4 Å². The van der Waals surface area contributed by atoms with E-state index in [0.29, 0.717) is 12.6 Å². The van der Waals surface area contributed by atoms with Crippen molar-refractivity contribution in [2.45, 2.75) is 56.9 Å². The highest BCUT2D eigenvalue weighted by Crippen LogP contribution is 2.28. The molecule has 1 heterocycles. The maximum Gasteiger partial charge on any atom is 0.321 e. The van der Waals surface area contributed by atoms with E-state index < -0.39 is 0 Å². The van der Waals surface area contributed by atoms with Crippen molar-refractivity contribution in [3.05, 3.63) is 65.7 Å². The highest BCUT2D eigenvalue weighted by molar-refractivity contribution is 5.94. The molecular formula is C25H31N3O2. The number of piperidine rings is 1. The van der Waals surface area contributed by atoms with E-state index in [1.54, 1.807) is 0 Å². The average Bonchev–Trinajstić information content (AvgIpc) is 2.80. The predicted octanol–water partition coefficient (Wildman–Crippen LogP) is 5.16. The summed E-state index contributed by atoms with van der Waals surface area (Å²) in [6.07, 6.45) is 7.84. The van der Waals surface area contributed by atoms with Crippen LogP contribution in [0.2, 0.25) is 0 Å². The van der Waals surface area contributed by atoms with Crippen molar-refractivity contribution in [1.82, 2.24) is 10.2 Å². The number of benzene rings is 2. The molecule has 5 nitrogen and oxygen atoms in total. The third-order valence-electron chi connectivity index (χ3n) is 6.29. The molecule has 1 unspecified atom stereocenters. The standard InChI is InChI=1S/C25H31N3O2/c29-24(26-22-12-3-1-4-13-22)20-10-7-9-19(17-20)21-11-8-16-28(18-21)25(30)27-23-14-5-2-6-15-23/h2,5-7,9-10,14-15,17,21-22H,1,3-4,8,11-13,16,18H2,(H,26,29)(H,27,30). The molecule has 1 aliphatic carbocycles. The Morgan fingerprint density at radius 2 is 1.67 bits per heavy atom. The van der Waals surface area contributed by atoms with Crippen LogP contribution >= 0.6 is 0 Å². The summed E-state index contributed by atoms with van der Waals surface area (Å²) in [6.45, 7) is 1.43. The van der Waals surface area contributed by atoms with Gasteiger partial charge in [0.1, 0.15) is 0 Å². The first-order valence-corrected chi connectivity index (χ1v) is 11.2. The summed E-state index contributed by atoms with van der Waals surface area (Å²) in [4.78, 5) is 27.3. The maximum absolute atomic E-state index is 12.7. The minimum Gasteiger partial charge on any atom is -0.349 e. The molecular weight excluding hydrogens is 374 g/mol. The summed E-state index contributed by atoms with van der Waals surface area (Å²) < 4.78 is 0. The lowest BCUT2D eigenvalue weighted by atomic mass is 9.89. The van der Waals surface area contributed by atoms with E-state index in [2.05, 4.69) is 16.7 Å². The van der Waals surface area contributed by atoms with Crippen LogP contribution in [0.5, 0.6) is 0 Å². The molecule has 2 fully saturated rings. The molecule has 1 saturated heterocycles. The fraction of sp³-hybridized carbons (Fsp3) is 0.440. The Labute approximate surface area is 178 Å². The Morgan fingerprint density at radius 3 is 2.47 bits per heavy atom. The molecule has 158 valence electrons. The Morgan fingerprint density at radius 1 is 0.867 bits per heavy atom. The molecule has 30 heavy (non-hydrogen) atoms. The zero-order chi connectivity index (χ0) is 20.8. The van der Waals surface area contributed by atoms with E-state index in [1.807, 2.05) is 53.4 Å². The van der Waals surface area contributed by atoms with E-state index in [1.165, 1.54) is 19.3 Å². The summed E-state index contributed by atoms with van der Waals surface area (Å²) in [5.74, 6) is 0.279. The van der Waals surface area contributed by atoms with Gasteiger partial charge in [-0.15, -0.1) is 0 Å². The minimum absolute atomic E-state index is 0.0261. The minimum atomic E-state index is -0.0582. The lowest BCUT2D eigenvalue weighted by Gasteiger charge is -2.33. The summed E-state index contributed by atoms with van der Waals surface area (Å²) in [5, 5.41) is 6.19. The highest BCUT2D eigenvalue weighted by atomic mass is 16.2. The normalized spacial score (nSPS) is 19.9. The Kier molecular flexibility index (Phi) is 6.67. The number of hydrogen-bond donors (Lipinski definition) is 2. The van der Waals surface area contributed by atoms with Crippen molar-refractivity contribution in [2.24, 2.45) is 0 Å². The first-order valence-electron chi connectivity index (χ1n) is 11.2. The second kappa shape index (κ2) is 9.79. The van der Waals surface area contributed by atoms with Gasteiger partial charge in [-0.05, 0) is 55.5 Å². The first-order chi connectivity index (χ1) is 14.7. The summed E-state index contributed by atoms with van der Waals surface area (Å²) in [5.41, 5.74) is 2.68. The van der Waals surface area contributed by atoms with Crippen LogP contribution in [0.1, 0.15) is 66.8 Å². The van der Waals surface area contributed by atoms with Crippen molar-refractivity contribution >= 4 is 17.6 Å². The van der Waals surface area contributed by atoms with Gasteiger partial charge in [-0.25, -0.2) is 4.79 Å². The van der Waals surface area contributed by atoms with Gasteiger partial charge in [0.15, 0.2) is 0 Å². The molecule has 0 spiro atoms. The first kappa shape index (κ1) is 20.5. The van der Waals surface area contributed by atoms with Crippen LogP contribution < -0.4 is 10.6 Å². The Balaban J connectivity index is 1.39. The van der Waals surface area contributed by atoms with Gasteiger partial charge >= 0.3 is 6.03 Å². The zero-order valence-corrected chi connectivity index (χ0v) is 17.5. The molecule has 2 aromatic rings. The Hall–Kier alpha value is -2.82. The molecule has 2 aliphatic rings. The van der Waals surface area contributed by atoms with Crippen LogP contribution in [0, 0.1) is 0 Å². The van der Waals surface area contributed by atoms with E-state index in [9.17, 15) is 9.59 Å². The number of amides is 3. The van der Waals surface area contributed by atoms with Crippen molar-refractivity contribution in [3.8, 4) is 0 Å². The van der Waals surface area contributed by atoms with Gasteiger partial charge < -0.3 is 15.5 Å². The van der Waals surface area contributed by atoms with Gasteiger partial charge in [0.2, 0.25) is 0 Å². The van der Waals surface area contributed by atoms with Crippen LogP contribution in [-0.4, -0.2) is 36.0 Å².